The standard InChI is InChI=1S/C17H17NO2/c1-2-13-5-6-15(9-14(13)3-1)18-10-12-4-7-16-17(8-12)20-11-19-16/h4-9,18H,1-3,10-11H2. The second kappa shape index (κ2) is 4.75. The number of hydrogen-bond donors (Lipinski definition) is 1. The Bertz CT molecular complexity index is 594. The molecule has 0 spiro atoms. The van der Waals surface area contributed by atoms with Crippen molar-refractivity contribution in [2.75, 3.05) is 12.1 Å². The molecule has 102 valence electrons. The Labute approximate surface area is 118 Å². The molecule has 1 aliphatic heterocycles. The first kappa shape index (κ1) is 11.6. The lowest BCUT2D eigenvalue weighted by Crippen LogP contribution is -2.00. The van der Waals surface area contributed by atoms with E-state index >= 15 is 0 Å². The highest BCUT2D eigenvalue weighted by Crippen LogP contribution is 2.32. The topological polar surface area (TPSA) is 30.5 Å². The normalized spacial score (nSPS) is 15.2. The van der Waals surface area contributed by atoms with Gasteiger partial charge in [-0.05, 0) is 60.2 Å². The number of rotatable bonds is 3. The van der Waals surface area contributed by atoms with Crippen LogP contribution in [0, 0.1) is 0 Å². The average Bonchev–Trinajstić information content (AvgIpc) is 3.12. The Morgan fingerprint density at radius 2 is 1.80 bits per heavy atom. The lowest BCUT2D eigenvalue weighted by molar-refractivity contribution is 0.174. The van der Waals surface area contributed by atoms with Gasteiger partial charge in [-0.2, -0.15) is 0 Å². The van der Waals surface area contributed by atoms with Gasteiger partial charge in [-0.25, -0.2) is 0 Å². The van der Waals surface area contributed by atoms with Crippen molar-refractivity contribution in [1.29, 1.82) is 0 Å². The summed E-state index contributed by atoms with van der Waals surface area (Å²) < 4.78 is 10.7. The maximum atomic E-state index is 5.40. The van der Waals surface area contributed by atoms with Crippen LogP contribution in [0.2, 0.25) is 0 Å². The maximum Gasteiger partial charge on any atom is 0.231 e. The molecular formula is C17H17NO2. The molecule has 20 heavy (non-hydrogen) atoms. The quantitative estimate of drug-likeness (QED) is 0.923. The van der Waals surface area contributed by atoms with Crippen molar-refractivity contribution >= 4 is 5.69 Å². The number of benzene rings is 2. The summed E-state index contributed by atoms with van der Waals surface area (Å²) in [6.45, 7) is 1.13. The smallest absolute Gasteiger partial charge is 0.231 e. The zero-order chi connectivity index (χ0) is 13.4. The summed E-state index contributed by atoms with van der Waals surface area (Å²) in [5.74, 6) is 1.68. The summed E-state index contributed by atoms with van der Waals surface area (Å²) in [7, 11) is 0. The highest BCUT2D eigenvalue weighted by Gasteiger charge is 2.13. The molecule has 0 aromatic heterocycles. The summed E-state index contributed by atoms with van der Waals surface area (Å²) in [4.78, 5) is 0. The predicted molar refractivity (Wildman–Crippen MR) is 78.4 cm³/mol. The highest BCUT2D eigenvalue weighted by atomic mass is 16.7. The van der Waals surface area contributed by atoms with Crippen molar-refractivity contribution in [3.8, 4) is 11.5 Å². The second-order valence-electron chi connectivity index (χ2n) is 5.38. The van der Waals surface area contributed by atoms with E-state index in [-0.39, 0.29) is 0 Å². The molecule has 2 aromatic rings. The van der Waals surface area contributed by atoms with Crippen LogP contribution in [-0.4, -0.2) is 6.79 Å². The zero-order valence-corrected chi connectivity index (χ0v) is 11.3. The Kier molecular flexibility index (Phi) is 2.76. The van der Waals surface area contributed by atoms with E-state index < -0.39 is 0 Å². The molecule has 3 nitrogen and oxygen atoms in total. The molecule has 0 saturated carbocycles. The van der Waals surface area contributed by atoms with Gasteiger partial charge >= 0.3 is 0 Å². The third-order valence-corrected chi connectivity index (χ3v) is 4.03. The number of ether oxygens (including phenoxy) is 2. The molecule has 1 N–H and O–H groups in total. The van der Waals surface area contributed by atoms with Crippen molar-refractivity contribution in [3.05, 3.63) is 53.1 Å². The summed E-state index contributed by atoms with van der Waals surface area (Å²) in [5.41, 5.74) is 5.41. The minimum absolute atomic E-state index is 0.330. The molecule has 1 aliphatic carbocycles. The van der Waals surface area contributed by atoms with Crippen molar-refractivity contribution in [1.82, 2.24) is 0 Å². The molecule has 4 rings (SSSR count). The Morgan fingerprint density at radius 1 is 0.900 bits per heavy atom. The van der Waals surface area contributed by atoms with Gasteiger partial charge in [0.25, 0.3) is 0 Å². The third-order valence-electron chi connectivity index (χ3n) is 4.03. The largest absolute Gasteiger partial charge is 0.454 e. The first-order valence-electron chi connectivity index (χ1n) is 7.13. The molecule has 2 aliphatic rings. The van der Waals surface area contributed by atoms with E-state index in [1.165, 1.54) is 41.6 Å². The Morgan fingerprint density at radius 3 is 2.80 bits per heavy atom. The molecule has 3 heteroatoms. The molecular weight excluding hydrogens is 250 g/mol. The van der Waals surface area contributed by atoms with Gasteiger partial charge in [0, 0.05) is 12.2 Å². The summed E-state index contributed by atoms with van der Waals surface area (Å²) in [6.07, 6.45) is 3.74. The Hall–Kier alpha value is -2.16. The van der Waals surface area contributed by atoms with Crippen LogP contribution in [0.5, 0.6) is 11.5 Å². The number of nitrogens with one attached hydrogen (secondary N) is 1. The monoisotopic (exact) mass is 267 g/mol. The highest BCUT2D eigenvalue weighted by molar-refractivity contribution is 5.51. The van der Waals surface area contributed by atoms with Crippen LogP contribution in [0.15, 0.2) is 36.4 Å². The average molecular weight is 267 g/mol. The van der Waals surface area contributed by atoms with Gasteiger partial charge in [0.1, 0.15) is 0 Å². The van der Waals surface area contributed by atoms with Crippen molar-refractivity contribution in [2.24, 2.45) is 0 Å². The van der Waals surface area contributed by atoms with Gasteiger partial charge in [0.2, 0.25) is 6.79 Å². The second-order valence-corrected chi connectivity index (χ2v) is 5.38. The van der Waals surface area contributed by atoms with Gasteiger partial charge < -0.3 is 14.8 Å². The lowest BCUT2D eigenvalue weighted by atomic mass is 10.1. The van der Waals surface area contributed by atoms with Crippen molar-refractivity contribution < 1.29 is 9.47 Å². The molecule has 0 unspecified atom stereocenters. The van der Waals surface area contributed by atoms with Crippen LogP contribution in [0.3, 0.4) is 0 Å². The first-order chi connectivity index (χ1) is 9.88. The minimum atomic E-state index is 0.330. The van der Waals surface area contributed by atoms with E-state index in [0.717, 1.165) is 18.0 Å². The van der Waals surface area contributed by atoms with Crippen LogP contribution in [0.4, 0.5) is 5.69 Å². The fourth-order valence-electron chi connectivity index (χ4n) is 2.94. The number of anilines is 1. The molecule has 2 aromatic carbocycles. The lowest BCUT2D eigenvalue weighted by Gasteiger charge is -2.09. The van der Waals surface area contributed by atoms with Crippen molar-refractivity contribution in [2.45, 2.75) is 25.8 Å². The van der Waals surface area contributed by atoms with Gasteiger partial charge in [0.05, 0.1) is 0 Å². The zero-order valence-electron chi connectivity index (χ0n) is 11.3. The van der Waals surface area contributed by atoms with Crippen LogP contribution in [0.1, 0.15) is 23.1 Å². The molecule has 0 amide bonds. The fourth-order valence-corrected chi connectivity index (χ4v) is 2.94. The first-order valence-corrected chi connectivity index (χ1v) is 7.13. The fraction of sp³-hybridized carbons (Fsp3) is 0.294. The van der Waals surface area contributed by atoms with Gasteiger partial charge in [-0.3, -0.25) is 0 Å². The van der Waals surface area contributed by atoms with E-state index in [1.54, 1.807) is 0 Å². The number of hydrogen-bond acceptors (Lipinski definition) is 3. The number of fused-ring (bicyclic) bond motifs is 2. The molecule has 0 fully saturated rings. The van der Waals surface area contributed by atoms with E-state index in [1.807, 2.05) is 12.1 Å². The van der Waals surface area contributed by atoms with E-state index in [0.29, 0.717) is 6.79 Å². The maximum absolute atomic E-state index is 5.40. The van der Waals surface area contributed by atoms with Gasteiger partial charge in [-0.1, -0.05) is 12.1 Å². The van der Waals surface area contributed by atoms with Crippen LogP contribution in [-0.2, 0) is 19.4 Å². The molecule has 0 saturated heterocycles. The third kappa shape index (κ3) is 2.09. The molecule has 1 heterocycles. The predicted octanol–water partition coefficient (Wildman–Crippen LogP) is 3.52. The van der Waals surface area contributed by atoms with E-state index in [9.17, 15) is 0 Å². The van der Waals surface area contributed by atoms with E-state index in [2.05, 4.69) is 29.6 Å². The summed E-state index contributed by atoms with van der Waals surface area (Å²) >= 11 is 0. The van der Waals surface area contributed by atoms with Crippen LogP contribution >= 0.6 is 0 Å². The molecule has 0 atom stereocenters. The van der Waals surface area contributed by atoms with Crippen molar-refractivity contribution in [3.63, 3.8) is 0 Å². The molecule has 0 bridgehead atoms. The van der Waals surface area contributed by atoms with E-state index in [4.69, 9.17) is 9.47 Å². The SMILES string of the molecule is c1cc2c(cc1CNc1ccc3c(c1)CCC3)OCO2. The van der Waals surface area contributed by atoms with Crippen LogP contribution < -0.4 is 14.8 Å². The Balaban J connectivity index is 1.47. The summed E-state index contributed by atoms with van der Waals surface area (Å²) in [6, 6.07) is 12.8. The summed E-state index contributed by atoms with van der Waals surface area (Å²) in [5, 5.41) is 3.49. The van der Waals surface area contributed by atoms with Crippen LogP contribution in [0.25, 0.3) is 0 Å². The minimum Gasteiger partial charge on any atom is -0.454 e. The van der Waals surface area contributed by atoms with Gasteiger partial charge in [0.15, 0.2) is 11.5 Å². The molecule has 0 radical (unpaired) electrons. The van der Waals surface area contributed by atoms with Gasteiger partial charge in [-0.15, -0.1) is 0 Å². The number of aryl methyl sites for hydroxylation is 2.